The van der Waals surface area contributed by atoms with Crippen molar-refractivity contribution in [2.24, 2.45) is 12.8 Å². The first-order chi connectivity index (χ1) is 9.61. The van der Waals surface area contributed by atoms with Gasteiger partial charge < -0.3 is 11.1 Å². The summed E-state index contributed by atoms with van der Waals surface area (Å²) in [6, 6.07) is 9.10. The number of carbonyl (C=O) groups excluding carboxylic acids is 1. The van der Waals surface area contributed by atoms with Crippen molar-refractivity contribution >= 4 is 11.6 Å². The van der Waals surface area contributed by atoms with Crippen molar-refractivity contribution in [3.63, 3.8) is 0 Å². The number of hydrogen-bond acceptors (Lipinski definition) is 3. The summed E-state index contributed by atoms with van der Waals surface area (Å²) >= 11 is 0. The van der Waals surface area contributed by atoms with Gasteiger partial charge in [-0.05, 0) is 25.1 Å². The van der Waals surface area contributed by atoms with Gasteiger partial charge in [0.2, 0.25) is 0 Å². The number of benzene rings is 1. The number of amides is 1. The lowest BCUT2D eigenvalue weighted by Gasteiger charge is -2.07. The molecule has 0 fully saturated rings. The molecular weight excluding hydrogens is 252 g/mol. The normalized spacial score (nSPS) is 9.75. The fourth-order valence-corrected chi connectivity index (χ4v) is 1.86. The van der Waals surface area contributed by atoms with Crippen LogP contribution in [0.25, 0.3) is 0 Å². The minimum absolute atomic E-state index is 0.213. The van der Waals surface area contributed by atoms with Crippen LogP contribution in [-0.4, -0.2) is 22.2 Å². The number of rotatable bonds is 2. The number of anilines is 1. The molecular formula is C15H16N4O. The van der Waals surface area contributed by atoms with Crippen molar-refractivity contribution < 1.29 is 4.79 Å². The van der Waals surface area contributed by atoms with Crippen LogP contribution in [0.2, 0.25) is 0 Å². The molecule has 0 saturated carbocycles. The molecule has 0 spiro atoms. The molecule has 5 nitrogen and oxygen atoms in total. The van der Waals surface area contributed by atoms with Crippen LogP contribution in [0.1, 0.15) is 21.7 Å². The summed E-state index contributed by atoms with van der Waals surface area (Å²) in [7, 11) is 1.74. The highest BCUT2D eigenvalue weighted by atomic mass is 16.2. The maximum Gasteiger partial charge on any atom is 0.273 e. The topological polar surface area (TPSA) is 72.9 Å². The van der Waals surface area contributed by atoms with E-state index in [2.05, 4.69) is 22.3 Å². The fourth-order valence-electron chi connectivity index (χ4n) is 1.86. The second kappa shape index (κ2) is 6.04. The van der Waals surface area contributed by atoms with Crippen LogP contribution in [-0.2, 0) is 7.05 Å². The lowest BCUT2D eigenvalue weighted by Crippen LogP contribution is -2.16. The van der Waals surface area contributed by atoms with Gasteiger partial charge in [-0.25, -0.2) is 0 Å². The van der Waals surface area contributed by atoms with Gasteiger partial charge in [0, 0.05) is 12.6 Å². The SMILES string of the molecule is Cc1cc(C(=O)Nc2ccccc2C#CCN)n(C)n1. The van der Waals surface area contributed by atoms with E-state index >= 15 is 0 Å². The number of hydrogen-bond donors (Lipinski definition) is 2. The summed E-state index contributed by atoms with van der Waals surface area (Å²) in [5.74, 6) is 5.51. The lowest BCUT2D eigenvalue weighted by atomic mass is 10.1. The molecule has 0 bridgehead atoms. The van der Waals surface area contributed by atoms with Crippen molar-refractivity contribution in [3.8, 4) is 11.8 Å². The Hall–Kier alpha value is -2.58. The van der Waals surface area contributed by atoms with E-state index in [9.17, 15) is 4.79 Å². The predicted octanol–water partition coefficient (Wildman–Crippen LogP) is 1.29. The van der Waals surface area contributed by atoms with Gasteiger partial charge in [0.15, 0.2) is 0 Å². The third-order valence-corrected chi connectivity index (χ3v) is 2.74. The number of carbonyl (C=O) groups is 1. The summed E-state index contributed by atoms with van der Waals surface area (Å²) in [5.41, 5.74) is 8.08. The first-order valence-electron chi connectivity index (χ1n) is 6.22. The third kappa shape index (κ3) is 3.05. The van der Waals surface area contributed by atoms with Crippen LogP contribution in [0.3, 0.4) is 0 Å². The summed E-state index contributed by atoms with van der Waals surface area (Å²) in [6.07, 6.45) is 0. The largest absolute Gasteiger partial charge is 0.320 e. The molecule has 0 radical (unpaired) electrons. The molecule has 3 N–H and O–H groups in total. The Labute approximate surface area is 117 Å². The van der Waals surface area contributed by atoms with E-state index in [1.54, 1.807) is 17.8 Å². The van der Waals surface area contributed by atoms with Gasteiger partial charge in [0.05, 0.1) is 17.9 Å². The molecule has 0 aliphatic heterocycles. The van der Waals surface area contributed by atoms with Gasteiger partial charge in [0.25, 0.3) is 5.91 Å². The quantitative estimate of drug-likeness (QED) is 0.806. The van der Waals surface area contributed by atoms with Crippen molar-refractivity contribution in [3.05, 3.63) is 47.3 Å². The highest BCUT2D eigenvalue weighted by Gasteiger charge is 2.13. The Morgan fingerprint density at radius 2 is 2.20 bits per heavy atom. The Balaban J connectivity index is 2.26. The van der Waals surface area contributed by atoms with Crippen LogP contribution in [0.5, 0.6) is 0 Å². The highest BCUT2D eigenvalue weighted by Crippen LogP contribution is 2.15. The second-order valence-corrected chi connectivity index (χ2v) is 4.30. The maximum absolute atomic E-state index is 12.2. The molecule has 0 aliphatic carbocycles. The van der Waals surface area contributed by atoms with Crippen molar-refractivity contribution in [2.75, 3.05) is 11.9 Å². The molecule has 0 aliphatic rings. The van der Waals surface area contributed by atoms with Gasteiger partial charge in [-0.2, -0.15) is 5.10 Å². The van der Waals surface area contributed by atoms with Crippen molar-refractivity contribution in [2.45, 2.75) is 6.92 Å². The van der Waals surface area contributed by atoms with E-state index in [1.165, 1.54) is 0 Å². The minimum Gasteiger partial charge on any atom is -0.320 e. The Bertz CT molecular complexity index is 691. The first kappa shape index (κ1) is 13.8. The molecule has 0 saturated heterocycles. The zero-order valence-corrected chi connectivity index (χ0v) is 11.5. The molecule has 1 aromatic heterocycles. The standard InChI is InChI=1S/C15H16N4O/c1-11-10-14(19(2)18-11)15(20)17-13-8-4-3-6-12(13)7-5-9-16/h3-4,6,8,10H,9,16H2,1-2H3,(H,17,20). The second-order valence-electron chi connectivity index (χ2n) is 4.30. The fraction of sp³-hybridized carbons (Fsp3) is 0.200. The van der Waals surface area contributed by atoms with Gasteiger partial charge in [-0.3, -0.25) is 9.48 Å². The van der Waals surface area contributed by atoms with Gasteiger partial charge in [-0.15, -0.1) is 0 Å². The predicted molar refractivity (Wildman–Crippen MR) is 78.3 cm³/mol. The molecule has 2 aromatic rings. The number of para-hydroxylation sites is 1. The molecule has 0 atom stereocenters. The zero-order valence-electron chi connectivity index (χ0n) is 11.5. The first-order valence-corrected chi connectivity index (χ1v) is 6.22. The van der Waals surface area contributed by atoms with Crippen LogP contribution in [0.15, 0.2) is 30.3 Å². The average Bonchev–Trinajstić information content (AvgIpc) is 2.77. The number of nitrogens with zero attached hydrogens (tertiary/aromatic N) is 2. The van der Waals surface area contributed by atoms with Crippen LogP contribution in [0.4, 0.5) is 5.69 Å². The Morgan fingerprint density at radius 1 is 1.45 bits per heavy atom. The maximum atomic E-state index is 12.2. The summed E-state index contributed by atoms with van der Waals surface area (Å²) in [4.78, 5) is 12.2. The minimum atomic E-state index is -0.213. The Morgan fingerprint density at radius 3 is 2.85 bits per heavy atom. The number of nitrogens with one attached hydrogen (secondary N) is 1. The molecule has 102 valence electrons. The molecule has 2 rings (SSSR count). The van der Waals surface area contributed by atoms with E-state index in [0.717, 1.165) is 11.3 Å². The van der Waals surface area contributed by atoms with Gasteiger partial charge >= 0.3 is 0 Å². The van der Waals surface area contributed by atoms with E-state index < -0.39 is 0 Å². The van der Waals surface area contributed by atoms with Crippen molar-refractivity contribution in [1.29, 1.82) is 0 Å². The number of aryl methyl sites for hydroxylation is 2. The van der Waals surface area contributed by atoms with E-state index in [1.807, 2.05) is 31.2 Å². The van der Waals surface area contributed by atoms with Gasteiger partial charge in [0.1, 0.15) is 5.69 Å². The van der Waals surface area contributed by atoms with E-state index in [-0.39, 0.29) is 12.5 Å². The highest BCUT2D eigenvalue weighted by molar-refractivity contribution is 6.03. The average molecular weight is 268 g/mol. The lowest BCUT2D eigenvalue weighted by molar-refractivity contribution is 0.101. The summed E-state index contributed by atoms with van der Waals surface area (Å²) in [6.45, 7) is 2.13. The number of nitrogens with two attached hydrogens (primary N) is 1. The molecule has 1 heterocycles. The van der Waals surface area contributed by atoms with Crippen LogP contribution < -0.4 is 11.1 Å². The Kier molecular flexibility index (Phi) is 4.18. The third-order valence-electron chi connectivity index (χ3n) is 2.74. The summed E-state index contributed by atoms with van der Waals surface area (Å²) < 4.78 is 1.55. The van der Waals surface area contributed by atoms with Crippen LogP contribution in [0, 0.1) is 18.8 Å². The monoisotopic (exact) mass is 268 g/mol. The van der Waals surface area contributed by atoms with Crippen molar-refractivity contribution in [1.82, 2.24) is 9.78 Å². The van der Waals surface area contributed by atoms with E-state index in [0.29, 0.717) is 11.4 Å². The van der Waals surface area contributed by atoms with E-state index in [4.69, 9.17) is 5.73 Å². The molecule has 20 heavy (non-hydrogen) atoms. The summed E-state index contributed by atoms with van der Waals surface area (Å²) in [5, 5.41) is 7.00. The van der Waals surface area contributed by atoms with Gasteiger partial charge in [-0.1, -0.05) is 24.0 Å². The molecule has 1 aromatic carbocycles. The molecule has 1 amide bonds. The smallest absolute Gasteiger partial charge is 0.273 e. The zero-order chi connectivity index (χ0) is 14.5. The number of aromatic nitrogens is 2. The van der Waals surface area contributed by atoms with Crippen LogP contribution >= 0.6 is 0 Å². The molecule has 5 heteroatoms. The molecule has 0 unspecified atom stereocenters.